The highest BCUT2D eigenvalue weighted by molar-refractivity contribution is 5.57. The number of fused-ring (bicyclic) bond motifs is 5. The highest BCUT2D eigenvalue weighted by Crippen LogP contribution is 2.33. The van der Waals surface area contributed by atoms with E-state index in [0.29, 0.717) is 30.0 Å². The Morgan fingerprint density at radius 1 is 0.702 bits per heavy atom. The topological polar surface area (TPSA) is 132 Å². The van der Waals surface area contributed by atoms with Crippen molar-refractivity contribution in [3.05, 3.63) is 47.5 Å². The van der Waals surface area contributed by atoms with E-state index in [4.69, 9.17) is 11.5 Å². The van der Waals surface area contributed by atoms with Gasteiger partial charge in [0.1, 0.15) is 23.3 Å². The Bertz CT molecular complexity index is 1530. The molecule has 9 heterocycles. The maximum atomic E-state index is 6.01. The van der Waals surface area contributed by atoms with Crippen LogP contribution in [0.3, 0.4) is 0 Å². The maximum absolute atomic E-state index is 6.01. The number of nitrogens with one attached hydrogen (secondary N) is 1. The first kappa shape index (κ1) is 30.4. The van der Waals surface area contributed by atoms with Crippen LogP contribution in [0.15, 0.2) is 36.4 Å². The van der Waals surface area contributed by atoms with Gasteiger partial charge in [-0.25, -0.2) is 0 Å². The van der Waals surface area contributed by atoms with Gasteiger partial charge in [0, 0.05) is 76.1 Å². The van der Waals surface area contributed by atoms with E-state index in [1.54, 1.807) is 0 Å². The van der Waals surface area contributed by atoms with Gasteiger partial charge in [-0.15, -0.1) is 0 Å². The summed E-state index contributed by atoms with van der Waals surface area (Å²) in [5, 5.41) is 3.64. The molecule has 10 rings (SSSR count). The quantitative estimate of drug-likeness (QED) is 0.378. The van der Waals surface area contributed by atoms with Crippen LogP contribution in [0.4, 0.5) is 35.2 Å². The number of nitrogen functional groups attached to an aromatic ring is 2. The van der Waals surface area contributed by atoms with E-state index < -0.39 is 0 Å². The van der Waals surface area contributed by atoms with Crippen LogP contribution in [0.1, 0.15) is 56.6 Å². The van der Waals surface area contributed by atoms with Crippen LogP contribution in [-0.4, -0.2) is 100 Å². The Labute approximate surface area is 278 Å². The van der Waals surface area contributed by atoms with E-state index >= 15 is 0 Å². The lowest BCUT2D eigenvalue weighted by molar-refractivity contribution is 0.0974. The first-order valence-corrected chi connectivity index (χ1v) is 17.8. The minimum atomic E-state index is 0.345. The summed E-state index contributed by atoms with van der Waals surface area (Å²) in [5.41, 5.74) is 14.7. The Hall–Kier alpha value is -3.90. The Balaban J connectivity index is 0.000000139. The van der Waals surface area contributed by atoms with Crippen LogP contribution in [0.2, 0.25) is 0 Å². The number of nitrogens with two attached hydrogens (primary N) is 2. The zero-order valence-electron chi connectivity index (χ0n) is 27.8. The summed E-state index contributed by atoms with van der Waals surface area (Å²) in [6.07, 6.45) is 7.69. The number of piperidine rings is 3. The lowest BCUT2D eigenvalue weighted by Gasteiger charge is -2.45. The molecule has 5 N–H and O–H groups in total. The first-order valence-electron chi connectivity index (χ1n) is 17.8. The first-order chi connectivity index (χ1) is 22.9. The largest absolute Gasteiger partial charge is 0.368 e. The molecule has 12 heteroatoms. The summed E-state index contributed by atoms with van der Waals surface area (Å²) in [4.78, 5) is 30.1. The average Bonchev–Trinajstić information content (AvgIpc) is 3.84. The van der Waals surface area contributed by atoms with E-state index in [0.717, 1.165) is 75.0 Å². The molecule has 3 atom stereocenters. The van der Waals surface area contributed by atoms with E-state index in [1.807, 2.05) is 0 Å². The van der Waals surface area contributed by atoms with Crippen LogP contribution in [0, 0.1) is 5.92 Å². The van der Waals surface area contributed by atoms with Crippen LogP contribution < -0.4 is 31.5 Å². The summed E-state index contributed by atoms with van der Waals surface area (Å²) in [7, 11) is 0. The van der Waals surface area contributed by atoms with Crippen LogP contribution >= 0.6 is 0 Å². The van der Waals surface area contributed by atoms with Crippen LogP contribution in [0.5, 0.6) is 0 Å². The fourth-order valence-corrected chi connectivity index (χ4v) is 8.72. The van der Waals surface area contributed by atoms with Crippen molar-refractivity contribution >= 4 is 35.2 Å². The predicted molar refractivity (Wildman–Crippen MR) is 189 cm³/mol. The Morgan fingerprint density at radius 2 is 1.40 bits per heavy atom. The molecule has 0 radical (unpaired) electrons. The summed E-state index contributed by atoms with van der Waals surface area (Å²) < 4.78 is 0. The van der Waals surface area contributed by atoms with Crippen molar-refractivity contribution in [1.82, 2.24) is 29.7 Å². The normalized spacial score (nSPS) is 28.2. The summed E-state index contributed by atoms with van der Waals surface area (Å²) >= 11 is 0. The fraction of sp³-hybridized carbons (Fsp3) is 0.600. The van der Waals surface area contributed by atoms with E-state index in [1.165, 1.54) is 69.3 Å². The Kier molecular flexibility index (Phi) is 8.39. The summed E-state index contributed by atoms with van der Waals surface area (Å²) in [5.74, 6) is 5.28. The second-order valence-electron chi connectivity index (χ2n) is 14.4. The molecule has 6 saturated heterocycles. The van der Waals surface area contributed by atoms with Crippen molar-refractivity contribution in [1.29, 1.82) is 0 Å². The van der Waals surface area contributed by atoms with E-state index in [-0.39, 0.29) is 0 Å². The van der Waals surface area contributed by atoms with Gasteiger partial charge in [-0.2, -0.15) is 19.9 Å². The number of rotatable bonds is 5. The van der Waals surface area contributed by atoms with Gasteiger partial charge in [0.2, 0.25) is 11.9 Å². The second kappa shape index (κ2) is 13.0. The zero-order chi connectivity index (χ0) is 31.9. The van der Waals surface area contributed by atoms with Gasteiger partial charge in [-0.3, -0.25) is 4.90 Å². The van der Waals surface area contributed by atoms with Crippen molar-refractivity contribution in [2.75, 3.05) is 83.8 Å². The highest BCUT2D eigenvalue weighted by Gasteiger charge is 2.35. The van der Waals surface area contributed by atoms with Gasteiger partial charge < -0.3 is 36.4 Å². The van der Waals surface area contributed by atoms with E-state index in [9.17, 15) is 0 Å². The third-order valence-electron chi connectivity index (χ3n) is 11.4. The predicted octanol–water partition coefficient (Wildman–Crippen LogP) is 3.42. The third-order valence-corrected chi connectivity index (χ3v) is 11.4. The van der Waals surface area contributed by atoms with Crippen molar-refractivity contribution in [2.45, 2.75) is 76.7 Å². The van der Waals surface area contributed by atoms with Crippen molar-refractivity contribution in [2.24, 2.45) is 5.92 Å². The number of benzene rings is 1. The summed E-state index contributed by atoms with van der Waals surface area (Å²) in [6, 6.07) is 14.5. The smallest absolute Gasteiger partial charge is 0.223 e. The van der Waals surface area contributed by atoms with Crippen molar-refractivity contribution in [3.63, 3.8) is 0 Å². The number of anilines is 6. The van der Waals surface area contributed by atoms with Crippen LogP contribution in [0.25, 0.3) is 0 Å². The second-order valence-corrected chi connectivity index (χ2v) is 14.4. The number of piperazine rings is 1. The molecule has 1 aromatic carbocycles. The Morgan fingerprint density at radius 3 is 2.11 bits per heavy atom. The average molecular weight is 639 g/mol. The molecule has 2 bridgehead atoms. The molecule has 3 unspecified atom stereocenters. The molecule has 250 valence electrons. The van der Waals surface area contributed by atoms with Gasteiger partial charge in [0.25, 0.3) is 0 Å². The molecule has 6 fully saturated rings. The molecular formula is C35H50N12. The molecular weight excluding hydrogens is 588 g/mol. The number of hydrogen-bond acceptors (Lipinski definition) is 12. The SMILES string of the molecule is CC1CCCN1c1cc(N2CCN3CCCC3C2)nc(N)n1.Nc1nc(NC2CN3CCC2CC3)cc(N2Cc3ccccc3C2)n1. The lowest BCUT2D eigenvalue weighted by Crippen LogP contribution is -2.53. The van der Waals surface area contributed by atoms with Gasteiger partial charge >= 0.3 is 0 Å². The van der Waals surface area contributed by atoms with Gasteiger partial charge in [-0.1, -0.05) is 24.3 Å². The molecule has 7 aliphatic rings. The standard InChI is InChI=1S/C19H24N6.C16H26N6/c20-19-22-17(21-16-12-24-7-5-13(16)6-8-24)9-18(23-19)25-10-14-3-1-2-4-15(14)11-25;1-12-4-2-7-22(12)15-10-14(18-16(17)19-15)21-9-8-20-6-3-5-13(20)11-21/h1-4,9,13,16H,5-8,10-12H2,(H3,20,21,22,23);10,12-13H,2-9,11H2,1H3,(H2,17,18,19). The molecule has 0 amide bonds. The highest BCUT2D eigenvalue weighted by atomic mass is 15.3. The molecule has 0 spiro atoms. The fourth-order valence-electron chi connectivity index (χ4n) is 8.72. The molecule has 2 aromatic heterocycles. The molecule has 0 aliphatic carbocycles. The van der Waals surface area contributed by atoms with Crippen molar-refractivity contribution in [3.8, 4) is 0 Å². The molecule has 3 aromatic rings. The van der Waals surface area contributed by atoms with Crippen molar-refractivity contribution < 1.29 is 0 Å². The zero-order valence-corrected chi connectivity index (χ0v) is 27.8. The number of nitrogens with zero attached hydrogens (tertiary/aromatic N) is 9. The van der Waals surface area contributed by atoms with E-state index in [2.05, 4.69) is 93.1 Å². The monoisotopic (exact) mass is 638 g/mol. The number of aromatic nitrogens is 4. The molecule has 12 nitrogen and oxygen atoms in total. The minimum absolute atomic E-state index is 0.345. The number of hydrogen-bond donors (Lipinski definition) is 3. The van der Waals surface area contributed by atoms with Crippen LogP contribution in [-0.2, 0) is 13.1 Å². The van der Waals surface area contributed by atoms with Gasteiger partial charge in [0.05, 0.1) is 0 Å². The lowest BCUT2D eigenvalue weighted by atomic mass is 9.84. The molecule has 7 aliphatic heterocycles. The van der Waals surface area contributed by atoms with Gasteiger partial charge in [0.15, 0.2) is 0 Å². The third kappa shape index (κ3) is 6.49. The summed E-state index contributed by atoms with van der Waals surface area (Å²) in [6.45, 7) is 13.2. The molecule has 47 heavy (non-hydrogen) atoms. The maximum Gasteiger partial charge on any atom is 0.223 e. The van der Waals surface area contributed by atoms with Gasteiger partial charge in [-0.05, 0) is 82.1 Å². The molecule has 0 saturated carbocycles. The minimum Gasteiger partial charge on any atom is -0.368 e.